The predicted octanol–water partition coefficient (Wildman–Crippen LogP) is 5.17. The van der Waals surface area contributed by atoms with Crippen LogP contribution in [0.25, 0.3) is 0 Å². The standard InChI is InChI=1S/C15H20F3N/c1-2-3-11-4-6-12(7-5-11)13-8-9-14(19-10-13)15(16,17)18/h8-12H,2-7H2,1H3. The summed E-state index contributed by atoms with van der Waals surface area (Å²) in [5, 5.41) is 0. The first kappa shape index (κ1) is 14.4. The normalized spacial score (nSPS) is 24.4. The van der Waals surface area contributed by atoms with Crippen LogP contribution in [0.4, 0.5) is 13.2 Å². The number of alkyl halides is 3. The molecule has 0 atom stereocenters. The van der Waals surface area contributed by atoms with Crippen LogP contribution in [0.3, 0.4) is 0 Å². The molecule has 1 nitrogen and oxygen atoms in total. The molecule has 1 aliphatic carbocycles. The van der Waals surface area contributed by atoms with Gasteiger partial charge in [0, 0.05) is 6.20 Å². The van der Waals surface area contributed by atoms with E-state index in [0.29, 0.717) is 5.92 Å². The third kappa shape index (κ3) is 3.71. The second kappa shape index (κ2) is 5.93. The maximum Gasteiger partial charge on any atom is 0.433 e. The van der Waals surface area contributed by atoms with Crippen LogP contribution in [0.2, 0.25) is 0 Å². The molecule has 0 aliphatic heterocycles. The van der Waals surface area contributed by atoms with Gasteiger partial charge in [0.05, 0.1) is 0 Å². The van der Waals surface area contributed by atoms with Crippen molar-refractivity contribution in [3.8, 4) is 0 Å². The van der Waals surface area contributed by atoms with Crippen LogP contribution in [0.15, 0.2) is 18.3 Å². The number of nitrogens with zero attached hydrogens (tertiary/aromatic N) is 1. The van der Waals surface area contributed by atoms with Gasteiger partial charge >= 0.3 is 6.18 Å². The van der Waals surface area contributed by atoms with Crippen molar-refractivity contribution in [1.29, 1.82) is 0 Å². The SMILES string of the molecule is CCCC1CCC(c2ccc(C(F)(F)F)nc2)CC1. The monoisotopic (exact) mass is 271 g/mol. The lowest BCUT2D eigenvalue weighted by molar-refractivity contribution is -0.141. The Hall–Kier alpha value is -1.06. The summed E-state index contributed by atoms with van der Waals surface area (Å²) in [5.41, 5.74) is 0.166. The third-order valence-corrected chi connectivity index (χ3v) is 4.09. The molecule has 1 heterocycles. The average molecular weight is 271 g/mol. The third-order valence-electron chi connectivity index (χ3n) is 4.09. The van der Waals surface area contributed by atoms with Crippen molar-refractivity contribution in [1.82, 2.24) is 4.98 Å². The molecule has 19 heavy (non-hydrogen) atoms. The number of rotatable bonds is 3. The van der Waals surface area contributed by atoms with Gasteiger partial charge in [-0.3, -0.25) is 4.98 Å². The maximum atomic E-state index is 12.4. The van der Waals surface area contributed by atoms with E-state index in [4.69, 9.17) is 0 Å². The van der Waals surface area contributed by atoms with E-state index in [-0.39, 0.29) is 0 Å². The van der Waals surface area contributed by atoms with Crippen molar-refractivity contribution in [3.63, 3.8) is 0 Å². The lowest BCUT2D eigenvalue weighted by atomic mass is 9.77. The van der Waals surface area contributed by atoms with Gasteiger partial charge in [0.25, 0.3) is 0 Å². The van der Waals surface area contributed by atoms with Crippen LogP contribution in [-0.4, -0.2) is 4.98 Å². The van der Waals surface area contributed by atoms with Gasteiger partial charge in [-0.25, -0.2) is 0 Å². The molecular formula is C15H20F3N. The van der Waals surface area contributed by atoms with Crippen LogP contribution in [0.1, 0.15) is 62.6 Å². The van der Waals surface area contributed by atoms with Crippen molar-refractivity contribution < 1.29 is 13.2 Å². The predicted molar refractivity (Wildman–Crippen MR) is 68.8 cm³/mol. The van der Waals surface area contributed by atoms with Crippen LogP contribution in [0, 0.1) is 5.92 Å². The molecule has 0 radical (unpaired) electrons. The van der Waals surface area contributed by atoms with E-state index in [9.17, 15) is 13.2 Å². The summed E-state index contributed by atoms with van der Waals surface area (Å²) in [4.78, 5) is 3.56. The molecule has 2 rings (SSSR count). The van der Waals surface area contributed by atoms with Crippen LogP contribution in [-0.2, 0) is 6.18 Å². The Kier molecular flexibility index (Phi) is 4.48. The Morgan fingerprint density at radius 3 is 2.32 bits per heavy atom. The van der Waals surface area contributed by atoms with Gasteiger partial charge in [0.2, 0.25) is 0 Å². The van der Waals surface area contributed by atoms with Gasteiger partial charge < -0.3 is 0 Å². The zero-order valence-electron chi connectivity index (χ0n) is 11.2. The van der Waals surface area contributed by atoms with Gasteiger partial charge in [0.1, 0.15) is 5.69 Å². The summed E-state index contributed by atoms with van der Waals surface area (Å²) in [5.74, 6) is 1.20. The van der Waals surface area contributed by atoms with Gasteiger partial charge in [-0.1, -0.05) is 25.8 Å². The van der Waals surface area contributed by atoms with Crippen molar-refractivity contribution in [2.75, 3.05) is 0 Å². The summed E-state index contributed by atoms with van der Waals surface area (Å²) in [7, 11) is 0. The summed E-state index contributed by atoms with van der Waals surface area (Å²) in [6, 6.07) is 2.70. The van der Waals surface area contributed by atoms with Crippen molar-refractivity contribution in [3.05, 3.63) is 29.6 Å². The molecule has 0 aromatic carbocycles. The maximum absolute atomic E-state index is 12.4. The molecule has 1 fully saturated rings. The zero-order valence-corrected chi connectivity index (χ0v) is 11.2. The molecule has 0 unspecified atom stereocenters. The van der Waals surface area contributed by atoms with Crippen molar-refractivity contribution >= 4 is 0 Å². The van der Waals surface area contributed by atoms with Crippen LogP contribution < -0.4 is 0 Å². The molecule has 0 amide bonds. The number of hydrogen-bond donors (Lipinski definition) is 0. The van der Waals surface area contributed by atoms with Crippen molar-refractivity contribution in [2.24, 2.45) is 5.92 Å². The highest BCUT2D eigenvalue weighted by Crippen LogP contribution is 2.37. The fraction of sp³-hybridized carbons (Fsp3) is 0.667. The molecule has 106 valence electrons. The highest BCUT2D eigenvalue weighted by molar-refractivity contribution is 5.20. The minimum Gasteiger partial charge on any atom is -0.251 e. The summed E-state index contributed by atoms with van der Waals surface area (Å²) in [6.45, 7) is 2.20. The van der Waals surface area contributed by atoms with E-state index in [1.165, 1.54) is 31.9 Å². The Bertz CT molecular complexity index is 389. The fourth-order valence-corrected chi connectivity index (χ4v) is 3.01. The molecule has 1 aliphatic rings. The Morgan fingerprint density at radius 1 is 1.16 bits per heavy atom. The second-order valence-corrected chi connectivity index (χ2v) is 5.48. The summed E-state index contributed by atoms with van der Waals surface area (Å²) < 4.78 is 37.3. The van der Waals surface area contributed by atoms with E-state index >= 15 is 0 Å². The molecule has 1 aromatic heterocycles. The largest absolute Gasteiger partial charge is 0.433 e. The van der Waals surface area contributed by atoms with E-state index in [0.717, 1.165) is 30.4 Å². The molecule has 0 bridgehead atoms. The van der Waals surface area contributed by atoms with E-state index < -0.39 is 11.9 Å². The molecule has 1 aromatic rings. The Balaban J connectivity index is 1.97. The molecular weight excluding hydrogens is 251 g/mol. The Labute approximate surface area is 112 Å². The highest BCUT2D eigenvalue weighted by Gasteiger charge is 2.32. The second-order valence-electron chi connectivity index (χ2n) is 5.48. The lowest BCUT2D eigenvalue weighted by Gasteiger charge is -2.28. The van der Waals surface area contributed by atoms with Crippen LogP contribution >= 0.6 is 0 Å². The number of pyridine rings is 1. The minimum absolute atomic E-state index is 0.392. The quantitative estimate of drug-likeness (QED) is 0.738. The Morgan fingerprint density at radius 2 is 1.84 bits per heavy atom. The number of halogens is 3. The van der Waals surface area contributed by atoms with E-state index in [1.54, 1.807) is 6.07 Å². The fourth-order valence-electron chi connectivity index (χ4n) is 3.01. The van der Waals surface area contributed by atoms with Crippen molar-refractivity contribution in [2.45, 2.75) is 57.5 Å². The van der Waals surface area contributed by atoms with Gasteiger partial charge in [-0.2, -0.15) is 13.2 Å². The van der Waals surface area contributed by atoms with Gasteiger partial charge in [0.15, 0.2) is 0 Å². The molecule has 4 heteroatoms. The zero-order chi connectivity index (χ0) is 13.9. The topological polar surface area (TPSA) is 12.9 Å². The first-order valence-electron chi connectivity index (χ1n) is 7.04. The van der Waals surface area contributed by atoms with Gasteiger partial charge in [-0.05, 0) is 49.1 Å². The first-order chi connectivity index (χ1) is 9.00. The molecule has 0 N–H and O–H groups in total. The smallest absolute Gasteiger partial charge is 0.251 e. The first-order valence-corrected chi connectivity index (χ1v) is 7.04. The van der Waals surface area contributed by atoms with E-state index in [2.05, 4.69) is 11.9 Å². The number of aromatic nitrogens is 1. The summed E-state index contributed by atoms with van der Waals surface area (Å²) >= 11 is 0. The molecule has 0 spiro atoms. The number of hydrogen-bond acceptors (Lipinski definition) is 1. The molecule has 0 saturated heterocycles. The summed E-state index contributed by atoms with van der Waals surface area (Å²) in [6.07, 6.45) is 4.12. The highest BCUT2D eigenvalue weighted by atomic mass is 19.4. The lowest BCUT2D eigenvalue weighted by Crippen LogP contribution is -2.14. The van der Waals surface area contributed by atoms with Gasteiger partial charge in [-0.15, -0.1) is 0 Å². The minimum atomic E-state index is -4.34. The average Bonchev–Trinajstić information content (AvgIpc) is 2.39. The van der Waals surface area contributed by atoms with Crippen LogP contribution in [0.5, 0.6) is 0 Å². The van der Waals surface area contributed by atoms with E-state index in [1.807, 2.05) is 0 Å². The molecule has 1 saturated carbocycles.